The van der Waals surface area contributed by atoms with Gasteiger partial charge in [-0.3, -0.25) is 4.79 Å². The SMILES string of the molecule is Cc1nc(Nc2ccc(C(C)(C)C)cc2)sc1CC(=O)O. The van der Waals surface area contributed by atoms with Crippen molar-refractivity contribution >= 4 is 28.1 Å². The summed E-state index contributed by atoms with van der Waals surface area (Å²) in [5.41, 5.74) is 3.13. The zero-order valence-electron chi connectivity index (χ0n) is 12.7. The Morgan fingerprint density at radius 2 is 1.90 bits per heavy atom. The van der Waals surface area contributed by atoms with Gasteiger partial charge in [-0.25, -0.2) is 4.98 Å². The average molecular weight is 304 g/mol. The monoisotopic (exact) mass is 304 g/mol. The lowest BCUT2D eigenvalue weighted by molar-refractivity contribution is -0.136. The lowest BCUT2D eigenvalue weighted by Crippen LogP contribution is -2.10. The molecule has 0 saturated heterocycles. The number of rotatable bonds is 4. The number of thiazole rings is 1. The van der Waals surface area contributed by atoms with Crippen LogP contribution in [0.15, 0.2) is 24.3 Å². The van der Waals surface area contributed by atoms with Crippen molar-refractivity contribution in [3.8, 4) is 0 Å². The van der Waals surface area contributed by atoms with E-state index in [-0.39, 0.29) is 11.8 Å². The number of aryl methyl sites for hydroxylation is 1. The Labute approximate surface area is 128 Å². The first-order valence-electron chi connectivity index (χ1n) is 6.81. The summed E-state index contributed by atoms with van der Waals surface area (Å²) in [7, 11) is 0. The first-order valence-corrected chi connectivity index (χ1v) is 7.63. The van der Waals surface area contributed by atoms with Gasteiger partial charge in [-0.15, -0.1) is 11.3 Å². The van der Waals surface area contributed by atoms with Crippen LogP contribution in [0, 0.1) is 6.92 Å². The van der Waals surface area contributed by atoms with Gasteiger partial charge in [-0.1, -0.05) is 32.9 Å². The molecule has 0 amide bonds. The van der Waals surface area contributed by atoms with Crippen LogP contribution in [0.5, 0.6) is 0 Å². The average Bonchev–Trinajstić information content (AvgIpc) is 2.68. The Hall–Kier alpha value is -1.88. The zero-order valence-corrected chi connectivity index (χ0v) is 13.5. The van der Waals surface area contributed by atoms with Crippen molar-refractivity contribution in [1.29, 1.82) is 0 Å². The molecule has 0 atom stereocenters. The number of anilines is 2. The summed E-state index contributed by atoms with van der Waals surface area (Å²) in [4.78, 5) is 15.9. The smallest absolute Gasteiger partial charge is 0.308 e. The van der Waals surface area contributed by atoms with Crippen molar-refractivity contribution in [2.24, 2.45) is 0 Å². The third-order valence-corrected chi connectivity index (χ3v) is 4.28. The molecule has 0 spiro atoms. The van der Waals surface area contributed by atoms with Crippen LogP contribution in [-0.4, -0.2) is 16.1 Å². The van der Waals surface area contributed by atoms with E-state index in [1.54, 1.807) is 0 Å². The maximum Gasteiger partial charge on any atom is 0.308 e. The van der Waals surface area contributed by atoms with Gasteiger partial charge in [-0.2, -0.15) is 0 Å². The summed E-state index contributed by atoms with van der Waals surface area (Å²) in [6, 6.07) is 8.24. The first kappa shape index (κ1) is 15.5. The van der Waals surface area contributed by atoms with E-state index in [1.165, 1.54) is 16.9 Å². The molecule has 0 aliphatic carbocycles. The molecular formula is C16H20N2O2S. The normalized spacial score (nSPS) is 11.4. The van der Waals surface area contributed by atoms with E-state index >= 15 is 0 Å². The molecule has 1 aromatic carbocycles. The summed E-state index contributed by atoms with van der Waals surface area (Å²) in [6.45, 7) is 8.37. The topological polar surface area (TPSA) is 62.2 Å². The summed E-state index contributed by atoms with van der Waals surface area (Å²) in [5.74, 6) is -0.831. The molecular weight excluding hydrogens is 284 g/mol. The van der Waals surface area contributed by atoms with Crippen molar-refractivity contribution in [2.75, 3.05) is 5.32 Å². The third-order valence-electron chi connectivity index (χ3n) is 3.21. The van der Waals surface area contributed by atoms with Crippen molar-refractivity contribution in [2.45, 2.75) is 39.5 Å². The molecule has 2 N–H and O–H groups in total. The van der Waals surface area contributed by atoms with Crippen LogP contribution in [0.1, 0.15) is 36.9 Å². The van der Waals surface area contributed by atoms with Crippen molar-refractivity contribution in [3.05, 3.63) is 40.4 Å². The molecule has 0 aliphatic rings. The maximum absolute atomic E-state index is 10.8. The molecule has 112 valence electrons. The quantitative estimate of drug-likeness (QED) is 0.892. The van der Waals surface area contributed by atoms with E-state index < -0.39 is 5.97 Å². The predicted molar refractivity (Wildman–Crippen MR) is 86.6 cm³/mol. The van der Waals surface area contributed by atoms with Crippen molar-refractivity contribution in [3.63, 3.8) is 0 Å². The van der Waals surface area contributed by atoms with E-state index in [4.69, 9.17) is 5.11 Å². The van der Waals surface area contributed by atoms with Gasteiger partial charge >= 0.3 is 5.97 Å². The van der Waals surface area contributed by atoms with Gasteiger partial charge in [0.05, 0.1) is 12.1 Å². The Kier molecular flexibility index (Phi) is 4.32. The second kappa shape index (κ2) is 5.85. The molecule has 1 heterocycles. The van der Waals surface area contributed by atoms with Crippen LogP contribution in [0.3, 0.4) is 0 Å². The van der Waals surface area contributed by atoms with Crippen LogP contribution in [0.2, 0.25) is 0 Å². The minimum Gasteiger partial charge on any atom is -0.481 e. The molecule has 5 heteroatoms. The third kappa shape index (κ3) is 4.04. The predicted octanol–water partition coefficient (Wildman–Crippen LogP) is 4.12. The van der Waals surface area contributed by atoms with Gasteiger partial charge in [-0.05, 0) is 30.0 Å². The summed E-state index contributed by atoms with van der Waals surface area (Å²) >= 11 is 1.39. The second-order valence-electron chi connectivity index (χ2n) is 6.05. The van der Waals surface area contributed by atoms with E-state index in [0.29, 0.717) is 0 Å². The number of nitrogens with one attached hydrogen (secondary N) is 1. The summed E-state index contributed by atoms with van der Waals surface area (Å²) in [5, 5.41) is 12.8. The molecule has 0 radical (unpaired) electrons. The molecule has 4 nitrogen and oxygen atoms in total. The number of nitrogens with zero attached hydrogens (tertiary/aromatic N) is 1. The number of hydrogen-bond acceptors (Lipinski definition) is 4. The first-order chi connectivity index (χ1) is 9.75. The van der Waals surface area contributed by atoms with Crippen LogP contribution in [0.25, 0.3) is 0 Å². The van der Waals surface area contributed by atoms with E-state index in [2.05, 4.69) is 43.2 Å². The van der Waals surface area contributed by atoms with E-state index in [9.17, 15) is 4.79 Å². The van der Waals surface area contributed by atoms with Gasteiger partial charge in [0, 0.05) is 10.6 Å². The number of carbonyl (C=O) groups is 1. The molecule has 2 aromatic rings. The number of hydrogen-bond donors (Lipinski definition) is 2. The van der Waals surface area contributed by atoms with Crippen LogP contribution >= 0.6 is 11.3 Å². The lowest BCUT2D eigenvalue weighted by atomic mass is 9.87. The molecule has 0 fully saturated rings. The van der Waals surface area contributed by atoms with Gasteiger partial charge in [0.15, 0.2) is 5.13 Å². The highest BCUT2D eigenvalue weighted by Gasteiger charge is 2.14. The van der Waals surface area contributed by atoms with Gasteiger partial charge in [0.2, 0.25) is 0 Å². The minimum absolute atomic E-state index is 0.0220. The van der Waals surface area contributed by atoms with Gasteiger partial charge in [0.1, 0.15) is 0 Å². The molecule has 0 unspecified atom stereocenters. The van der Waals surface area contributed by atoms with Gasteiger partial charge in [0.25, 0.3) is 0 Å². The Bertz CT molecular complexity index is 639. The van der Waals surface area contributed by atoms with E-state index in [0.717, 1.165) is 21.4 Å². The van der Waals surface area contributed by atoms with Crippen LogP contribution < -0.4 is 5.32 Å². The van der Waals surface area contributed by atoms with Crippen molar-refractivity contribution < 1.29 is 9.90 Å². The van der Waals surface area contributed by atoms with Crippen LogP contribution in [-0.2, 0) is 16.6 Å². The highest BCUT2D eigenvalue weighted by molar-refractivity contribution is 7.15. The Balaban J connectivity index is 2.13. The highest BCUT2D eigenvalue weighted by atomic mass is 32.1. The molecule has 0 bridgehead atoms. The number of aliphatic carboxylic acids is 1. The summed E-state index contributed by atoms with van der Waals surface area (Å²) < 4.78 is 0. The fraction of sp³-hybridized carbons (Fsp3) is 0.375. The maximum atomic E-state index is 10.8. The zero-order chi connectivity index (χ0) is 15.6. The van der Waals surface area contributed by atoms with Gasteiger partial charge < -0.3 is 10.4 Å². The number of aromatic nitrogens is 1. The molecule has 21 heavy (non-hydrogen) atoms. The van der Waals surface area contributed by atoms with E-state index in [1.807, 2.05) is 19.1 Å². The fourth-order valence-electron chi connectivity index (χ4n) is 1.96. The number of carboxylic acid groups (broad SMARTS) is 1. The molecule has 0 aliphatic heterocycles. The standard InChI is InChI=1S/C16H20N2O2S/c1-10-13(9-14(19)20)21-15(17-10)18-12-7-5-11(6-8-12)16(2,3)4/h5-8H,9H2,1-4H3,(H,17,18)(H,19,20). The minimum atomic E-state index is -0.831. The molecule has 2 rings (SSSR count). The second-order valence-corrected chi connectivity index (χ2v) is 7.13. The molecule has 0 saturated carbocycles. The number of carboxylic acids is 1. The summed E-state index contributed by atoms with van der Waals surface area (Å²) in [6.07, 6.45) is 0.0220. The molecule has 1 aromatic heterocycles. The van der Waals surface area contributed by atoms with Crippen molar-refractivity contribution in [1.82, 2.24) is 4.98 Å². The van der Waals surface area contributed by atoms with Crippen LogP contribution in [0.4, 0.5) is 10.8 Å². The lowest BCUT2D eigenvalue weighted by Gasteiger charge is -2.19. The Morgan fingerprint density at radius 1 is 1.29 bits per heavy atom. The Morgan fingerprint density at radius 3 is 2.43 bits per heavy atom. The number of benzene rings is 1. The highest BCUT2D eigenvalue weighted by Crippen LogP contribution is 2.28. The fourth-order valence-corrected chi connectivity index (χ4v) is 2.93. The largest absolute Gasteiger partial charge is 0.481 e.